The number of rotatable bonds is 1. The molecular formula is C13H15IN4. The van der Waals surface area contributed by atoms with Crippen LogP contribution in [0.2, 0.25) is 0 Å². The third-order valence-electron chi connectivity index (χ3n) is 3.39. The average Bonchev–Trinajstić information content (AvgIpc) is 2.78. The number of nitrogens with one attached hydrogen (secondary N) is 1. The summed E-state index contributed by atoms with van der Waals surface area (Å²) in [5, 5.41) is 12.1. The van der Waals surface area contributed by atoms with Gasteiger partial charge < -0.3 is 9.88 Å². The molecule has 0 amide bonds. The monoisotopic (exact) mass is 354 g/mol. The number of benzene rings is 1. The van der Waals surface area contributed by atoms with Gasteiger partial charge in [-0.25, -0.2) is 0 Å². The molecular weight excluding hydrogens is 339 g/mol. The normalized spacial score (nSPS) is 18.7. The molecule has 2 aromatic rings. The van der Waals surface area contributed by atoms with Crippen LogP contribution >= 0.6 is 22.6 Å². The molecule has 1 atom stereocenters. The fraction of sp³-hybridized carbons (Fsp3) is 0.385. The number of halogens is 1. The van der Waals surface area contributed by atoms with E-state index in [-0.39, 0.29) is 6.04 Å². The van der Waals surface area contributed by atoms with Gasteiger partial charge in [0.25, 0.3) is 0 Å². The number of hydrogen-bond donors (Lipinski definition) is 1. The van der Waals surface area contributed by atoms with Crippen molar-refractivity contribution in [1.82, 2.24) is 20.1 Å². The van der Waals surface area contributed by atoms with Crippen LogP contribution in [0, 0.1) is 10.5 Å². The summed E-state index contributed by atoms with van der Waals surface area (Å²) >= 11 is 2.39. The number of hydrogen-bond acceptors (Lipinski definition) is 3. The summed E-state index contributed by atoms with van der Waals surface area (Å²) in [6, 6.07) is 6.61. The van der Waals surface area contributed by atoms with Crippen molar-refractivity contribution in [2.45, 2.75) is 26.4 Å². The average molecular weight is 354 g/mol. The maximum absolute atomic E-state index is 4.39. The van der Waals surface area contributed by atoms with E-state index in [4.69, 9.17) is 0 Å². The molecule has 0 radical (unpaired) electrons. The first-order chi connectivity index (χ1) is 8.68. The van der Waals surface area contributed by atoms with Crippen molar-refractivity contribution in [2.24, 2.45) is 0 Å². The van der Waals surface area contributed by atoms with Crippen molar-refractivity contribution in [1.29, 1.82) is 0 Å². The highest BCUT2D eigenvalue weighted by atomic mass is 127. The molecule has 1 N–H and O–H groups in total. The van der Waals surface area contributed by atoms with Gasteiger partial charge in [-0.1, -0.05) is 18.2 Å². The van der Waals surface area contributed by atoms with E-state index in [1.807, 2.05) is 0 Å². The van der Waals surface area contributed by atoms with Gasteiger partial charge in [0.2, 0.25) is 0 Å². The van der Waals surface area contributed by atoms with Gasteiger partial charge in [0.1, 0.15) is 5.82 Å². The Balaban J connectivity index is 2.16. The molecule has 94 valence electrons. The largest absolute Gasteiger partial charge is 0.308 e. The van der Waals surface area contributed by atoms with Crippen LogP contribution in [-0.4, -0.2) is 21.3 Å². The predicted molar refractivity (Wildman–Crippen MR) is 79.3 cm³/mol. The zero-order chi connectivity index (χ0) is 12.7. The molecule has 5 heteroatoms. The number of nitrogens with zero attached hydrogens (tertiary/aromatic N) is 3. The minimum atomic E-state index is 0.280. The van der Waals surface area contributed by atoms with Crippen molar-refractivity contribution < 1.29 is 0 Å². The zero-order valence-corrected chi connectivity index (χ0v) is 12.6. The Hall–Kier alpha value is -0.950. The second kappa shape index (κ2) is 4.62. The molecule has 0 bridgehead atoms. The highest BCUT2D eigenvalue weighted by Crippen LogP contribution is 2.28. The van der Waals surface area contributed by atoms with Crippen LogP contribution in [0.25, 0.3) is 11.4 Å². The van der Waals surface area contributed by atoms with Crippen LogP contribution in [0.4, 0.5) is 0 Å². The zero-order valence-electron chi connectivity index (χ0n) is 10.4. The molecule has 18 heavy (non-hydrogen) atoms. The van der Waals surface area contributed by atoms with E-state index in [0.717, 1.165) is 24.7 Å². The second-order valence-corrected chi connectivity index (χ2v) is 5.72. The fourth-order valence-electron chi connectivity index (χ4n) is 2.36. The highest BCUT2D eigenvalue weighted by molar-refractivity contribution is 14.1. The van der Waals surface area contributed by atoms with Crippen molar-refractivity contribution in [2.75, 3.05) is 6.54 Å². The van der Waals surface area contributed by atoms with Crippen LogP contribution < -0.4 is 5.32 Å². The molecule has 3 rings (SSSR count). The topological polar surface area (TPSA) is 42.7 Å². The van der Waals surface area contributed by atoms with E-state index >= 15 is 0 Å². The molecule has 0 spiro atoms. The molecule has 2 heterocycles. The van der Waals surface area contributed by atoms with Gasteiger partial charge in [0.05, 0.1) is 6.04 Å². The van der Waals surface area contributed by atoms with Gasteiger partial charge in [-0.2, -0.15) is 0 Å². The number of fused-ring (bicyclic) bond motifs is 1. The first kappa shape index (κ1) is 12.1. The lowest BCUT2D eigenvalue weighted by Crippen LogP contribution is -2.32. The Morgan fingerprint density at radius 1 is 1.39 bits per heavy atom. The lowest BCUT2D eigenvalue weighted by molar-refractivity contribution is 0.439. The summed E-state index contributed by atoms with van der Waals surface area (Å²) in [7, 11) is 0. The fourth-order valence-corrected chi connectivity index (χ4v) is 2.96. The number of aromatic nitrogens is 3. The van der Waals surface area contributed by atoms with Crippen LogP contribution in [0.1, 0.15) is 24.4 Å². The minimum Gasteiger partial charge on any atom is -0.308 e. The summed E-state index contributed by atoms with van der Waals surface area (Å²) in [6.45, 7) is 6.17. The Morgan fingerprint density at radius 3 is 3.06 bits per heavy atom. The molecule has 0 aliphatic carbocycles. The second-order valence-electron chi connectivity index (χ2n) is 4.65. The van der Waals surface area contributed by atoms with Crippen LogP contribution in [0.15, 0.2) is 18.2 Å². The molecule has 1 unspecified atom stereocenters. The maximum Gasteiger partial charge on any atom is 0.165 e. The maximum atomic E-state index is 4.39. The van der Waals surface area contributed by atoms with E-state index in [9.17, 15) is 0 Å². The van der Waals surface area contributed by atoms with E-state index < -0.39 is 0 Å². The Bertz CT molecular complexity index is 591. The molecule has 1 aromatic heterocycles. The summed E-state index contributed by atoms with van der Waals surface area (Å²) in [4.78, 5) is 0. The highest BCUT2D eigenvalue weighted by Gasteiger charge is 2.23. The first-order valence-corrected chi connectivity index (χ1v) is 7.18. The lowest BCUT2D eigenvalue weighted by atomic mass is 10.1. The van der Waals surface area contributed by atoms with Gasteiger partial charge in [0.15, 0.2) is 5.82 Å². The molecule has 0 saturated heterocycles. The lowest BCUT2D eigenvalue weighted by Gasteiger charge is -2.22. The van der Waals surface area contributed by atoms with E-state index in [2.05, 4.69) is 74.7 Å². The SMILES string of the molecule is Cc1cccc(-c2nnc3n2CCNC3C)c1I. The smallest absolute Gasteiger partial charge is 0.165 e. The van der Waals surface area contributed by atoms with Crippen LogP contribution in [0.5, 0.6) is 0 Å². The van der Waals surface area contributed by atoms with Crippen LogP contribution in [0.3, 0.4) is 0 Å². The van der Waals surface area contributed by atoms with Crippen LogP contribution in [-0.2, 0) is 6.54 Å². The molecule has 1 aliphatic heterocycles. The number of aryl methyl sites for hydroxylation is 1. The van der Waals surface area contributed by atoms with E-state index in [0.29, 0.717) is 0 Å². The molecule has 1 aliphatic rings. The minimum absolute atomic E-state index is 0.280. The Labute approximate surface area is 120 Å². The van der Waals surface area contributed by atoms with E-state index in [1.165, 1.54) is 14.7 Å². The summed E-state index contributed by atoms with van der Waals surface area (Å²) in [5.74, 6) is 2.03. The van der Waals surface area contributed by atoms with Gasteiger partial charge in [-0.3, -0.25) is 0 Å². The predicted octanol–water partition coefficient (Wildman–Crippen LogP) is 2.52. The summed E-state index contributed by atoms with van der Waals surface area (Å²) < 4.78 is 3.49. The van der Waals surface area contributed by atoms with Gasteiger partial charge >= 0.3 is 0 Å². The van der Waals surface area contributed by atoms with Crippen molar-refractivity contribution in [3.05, 3.63) is 33.2 Å². The van der Waals surface area contributed by atoms with Gasteiger partial charge in [-0.05, 0) is 42.0 Å². The molecule has 0 saturated carbocycles. The first-order valence-electron chi connectivity index (χ1n) is 6.10. The Kier molecular flexibility index (Phi) is 3.11. The summed E-state index contributed by atoms with van der Waals surface area (Å²) in [6.07, 6.45) is 0. The summed E-state index contributed by atoms with van der Waals surface area (Å²) in [5.41, 5.74) is 2.47. The molecule has 4 nitrogen and oxygen atoms in total. The van der Waals surface area contributed by atoms with E-state index in [1.54, 1.807) is 0 Å². The Morgan fingerprint density at radius 2 is 2.22 bits per heavy atom. The van der Waals surface area contributed by atoms with Gasteiger partial charge in [0, 0.05) is 22.2 Å². The van der Waals surface area contributed by atoms with Crippen molar-refractivity contribution in [3.8, 4) is 11.4 Å². The molecule has 1 aromatic carbocycles. The van der Waals surface area contributed by atoms with Crippen molar-refractivity contribution >= 4 is 22.6 Å². The standard InChI is InChI=1S/C13H15IN4/c1-8-4-3-5-10(11(8)14)13-17-16-12-9(2)15-6-7-18(12)13/h3-5,9,15H,6-7H2,1-2H3. The van der Waals surface area contributed by atoms with Gasteiger partial charge in [-0.15, -0.1) is 10.2 Å². The van der Waals surface area contributed by atoms with Crippen molar-refractivity contribution in [3.63, 3.8) is 0 Å². The third kappa shape index (κ3) is 1.85. The quantitative estimate of drug-likeness (QED) is 0.801. The molecule has 0 fully saturated rings. The third-order valence-corrected chi connectivity index (χ3v) is 4.82.